The lowest BCUT2D eigenvalue weighted by Crippen LogP contribution is -2.30. The van der Waals surface area contributed by atoms with Gasteiger partial charge in [-0.1, -0.05) is 324 Å². The third kappa shape index (κ3) is 65.4. The summed E-state index contributed by atoms with van der Waals surface area (Å²) in [7, 11) is -9.90. The van der Waals surface area contributed by atoms with Gasteiger partial charge in [0, 0.05) is 25.7 Å². The van der Waals surface area contributed by atoms with Crippen molar-refractivity contribution in [2.24, 2.45) is 11.8 Å². The molecule has 0 aromatic rings. The molecule has 92 heavy (non-hydrogen) atoms. The van der Waals surface area contributed by atoms with E-state index in [1.807, 2.05) is 0 Å². The van der Waals surface area contributed by atoms with E-state index in [0.717, 1.165) is 102 Å². The monoisotopic (exact) mass is 1350 g/mol. The van der Waals surface area contributed by atoms with Crippen LogP contribution in [0, 0.1) is 11.8 Å². The highest BCUT2D eigenvalue weighted by atomic mass is 31.2. The standard InChI is InChI=1S/C73H142O17P2/c1-7-10-12-14-16-18-20-22-24-26-28-30-32-34-36-45-51-57-72(77)89-68(61-83-70(75)55-49-43-35-33-31-29-27-25-23-21-19-17-15-13-11-8-2)63-87-91(79,80)85-59-67(74)60-86-92(81,82)88-64-69(62-84-71(76)56-50-44-39-37-41-47-53-65(4)5)90-73(78)58-52-46-40-38-42-48-54-66(6)9-3/h65-69,74H,7-64H2,1-6H3,(H,79,80)(H,81,82)/t66?,67-,68-,69-/m1/s1. The molecule has 0 aromatic carbocycles. The smallest absolute Gasteiger partial charge is 0.462 e. The quantitative estimate of drug-likeness (QED) is 0.0222. The molecule has 0 saturated carbocycles. The van der Waals surface area contributed by atoms with Crippen LogP contribution in [0.15, 0.2) is 0 Å². The van der Waals surface area contributed by atoms with Crippen molar-refractivity contribution in [1.82, 2.24) is 0 Å². The molecule has 3 N–H and O–H groups in total. The van der Waals surface area contributed by atoms with Crippen molar-refractivity contribution >= 4 is 39.5 Å². The molecule has 0 aliphatic heterocycles. The highest BCUT2D eigenvalue weighted by Gasteiger charge is 2.30. The van der Waals surface area contributed by atoms with Crippen LogP contribution < -0.4 is 0 Å². The molecule has 0 aromatic heterocycles. The second-order valence-electron chi connectivity index (χ2n) is 27.1. The first kappa shape index (κ1) is 90.1. The maximum absolute atomic E-state index is 13.1. The molecule has 0 aliphatic carbocycles. The Morgan fingerprint density at radius 3 is 0.826 bits per heavy atom. The van der Waals surface area contributed by atoms with E-state index in [2.05, 4.69) is 41.5 Å². The number of hydrogen-bond acceptors (Lipinski definition) is 15. The molecule has 0 saturated heterocycles. The average Bonchev–Trinajstić information content (AvgIpc) is 3.74. The van der Waals surface area contributed by atoms with Gasteiger partial charge >= 0.3 is 39.5 Å². The summed E-state index contributed by atoms with van der Waals surface area (Å²) < 4.78 is 68.3. The lowest BCUT2D eigenvalue weighted by molar-refractivity contribution is -0.161. The number of aliphatic hydroxyl groups is 1. The summed E-state index contributed by atoms with van der Waals surface area (Å²) in [5.41, 5.74) is 0. The van der Waals surface area contributed by atoms with Crippen LogP contribution in [0.1, 0.15) is 375 Å². The van der Waals surface area contributed by atoms with Gasteiger partial charge in [-0.2, -0.15) is 0 Å². The van der Waals surface area contributed by atoms with E-state index in [4.69, 9.17) is 37.0 Å². The average molecular weight is 1350 g/mol. The number of phosphoric acid groups is 2. The van der Waals surface area contributed by atoms with Gasteiger partial charge in [0.2, 0.25) is 0 Å². The molecule has 0 heterocycles. The predicted molar refractivity (Wildman–Crippen MR) is 372 cm³/mol. The zero-order chi connectivity index (χ0) is 67.9. The SMILES string of the molecule is CCCCCCCCCCCCCCCCCCCC(=O)O[C@H](COC(=O)CCCCCCCCCCCCCCCCCC)COP(=O)(O)OC[C@@H](O)COP(=O)(O)OC[C@@H](COC(=O)CCCCCCCCC(C)C)OC(=O)CCCCCCCCC(C)CC. The van der Waals surface area contributed by atoms with Crippen molar-refractivity contribution < 1.29 is 80.2 Å². The molecule has 0 aliphatic rings. The summed E-state index contributed by atoms with van der Waals surface area (Å²) in [4.78, 5) is 72.6. The Kier molecular flexibility index (Phi) is 63.7. The van der Waals surface area contributed by atoms with Gasteiger partial charge in [0.1, 0.15) is 19.3 Å². The van der Waals surface area contributed by atoms with Crippen molar-refractivity contribution in [3.63, 3.8) is 0 Å². The van der Waals surface area contributed by atoms with E-state index >= 15 is 0 Å². The van der Waals surface area contributed by atoms with E-state index < -0.39 is 97.5 Å². The number of carbonyl (C=O) groups excluding carboxylic acids is 4. The minimum atomic E-state index is -4.95. The third-order valence-corrected chi connectivity index (χ3v) is 19.2. The molecule has 0 amide bonds. The fraction of sp³-hybridized carbons (Fsp3) is 0.945. The fourth-order valence-corrected chi connectivity index (χ4v) is 12.7. The van der Waals surface area contributed by atoms with Crippen LogP contribution in [0.2, 0.25) is 0 Å². The largest absolute Gasteiger partial charge is 0.472 e. The number of phosphoric ester groups is 2. The maximum Gasteiger partial charge on any atom is 0.472 e. The van der Waals surface area contributed by atoms with Gasteiger partial charge in [0.15, 0.2) is 12.2 Å². The number of rotatable bonds is 72. The van der Waals surface area contributed by atoms with E-state index in [1.54, 1.807) is 0 Å². The molecule has 0 bridgehead atoms. The fourth-order valence-electron chi connectivity index (χ4n) is 11.1. The van der Waals surface area contributed by atoms with Crippen LogP contribution in [0.3, 0.4) is 0 Å². The Hall–Kier alpha value is -1.94. The van der Waals surface area contributed by atoms with Gasteiger partial charge in [-0.3, -0.25) is 37.3 Å². The van der Waals surface area contributed by atoms with Crippen molar-refractivity contribution in [2.45, 2.75) is 394 Å². The molecule has 0 radical (unpaired) electrons. The molecule has 0 rings (SSSR count). The highest BCUT2D eigenvalue weighted by molar-refractivity contribution is 7.47. The van der Waals surface area contributed by atoms with E-state index in [9.17, 15) is 43.2 Å². The van der Waals surface area contributed by atoms with Gasteiger partial charge in [0.05, 0.1) is 26.4 Å². The first-order valence-corrected chi connectivity index (χ1v) is 41.0. The number of aliphatic hydroxyl groups excluding tert-OH is 1. The molecule has 6 atom stereocenters. The van der Waals surface area contributed by atoms with Gasteiger partial charge < -0.3 is 33.8 Å². The highest BCUT2D eigenvalue weighted by Crippen LogP contribution is 2.45. The molecular formula is C73H142O17P2. The number of esters is 4. The van der Waals surface area contributed by atoms with Crippen LogP contribution >= 0.6 is 15.6 Å². The molecule has 546 valence electrons. The Balaban J connectivity index is 5.22. The summed E-state index contributed by atoms with van der Waals surface area (Å²) in [5.74, 6) is -0.725. The Morgan fingerprint density at radius 1 is 0.315 bits per heavy atom. The Bertz CT molecular complexity index is 1790. The van der Waals surface area contributed by atoms with E-state index in [0.29, 0.717) is 31.6 Å². The second kappa shape index (κ2) is 65.0. The van der Waals surface area contributed by atoms with Gasteiger partial charge in [-0.25, -0.2) is 9.13 Å². The van der Waals surface area contributed by atoms with E-state index in [1.165, 1.54) is 186 Å². The van der Waals surface area contributed by atoms with Gasteiger partial charge in [0.25, 0.3) is 0 Å². The van der Waals surface area contributed by atoms with Crippen molar-refractivity contribution in [3.8, 4) is 0 Å². The van der Waals surface area contributed by atoms with E-state index in [-0.39, 0.29) is 25.7 Å². The summed E-state index contributed by atoms with van der Waals surface area (Å²) in [6.07, 6.45) is 51.6. The van der Waals surface area contributed by atoms with Crippen LogP contribution in [-0.4, -0.2) is 96.7 Å². The topological polar surface area (TPSA) is 237 Å². The molecule has 0 spiro atoms. The molecule has 19 heteroatoms. The molecule has 3 unspecified atom stereocenters. The molecule has 0 fully saturated rings. The van der Waals surface area contributed by atoms with Crippen LogP contribution in [0.5, 0.6) is 0 Å². The summed E-state index contributed by atoms with van der Waals surface area (Å²) >= 11 is 0. The van der Waals surface area contributed by atoms with Crippen LogP contribution in [-0.2, 0) is 65.4 Å². The zero-order valence-electron chi connectivity index (χ0n) is 59.9. The normalized spacial score (nSPS) is 14.4. The Labute approximate surface area is 562 Å². The number of carbonyl (C=O) groups is 4. The summed E-state index contributed by atoms with van der Waals surface area (Å²) in [5, 5.41) is 10.6. The number of ether oxygens (including phenoxy) is 4. The predicted octanol–water partition coefficient (Wildman–Crippen LogP) is 21.2. The third-order valence-electron chi connectivity index (χ3n) is 17.3. The molecule has 17 nitrogen and oxygen atoms in total. The number of hydrogen-bond donors (Lipinski definition) is 3. The first-order chi connectivity index (χ1) is 44.4. The zero-order valence-corrected chi connectivity index (χ0v) is 61.6. The second-order valence-corrected chi connectivity index (χ2v) is 30.0. The van der Waals surface area contributed by atoms with Crippen LogP contribution in [0.25, 0.3) is 0 Å². The van der Waals surface area contributed by atoms with Crippen molar-refractivity contribution in [3.05, 3.63) is 0 Å². The minimum absolute atomic E-state index is 0.102. The van der Waals surface area contributed by atoms with Gasteiger partial charge in [-0.05, 0) is 37.5 Å². The minimum Gasteiger partial charge on any atom is -0.462 e. The Morgan fingerprint density at radius 2 is 0.554 bits per heavy atom. The molecular weight excluding hydrogens is 1210 g/mol. The van der Waals surface area contributed by atoms with Gasteiger partial charge in [-0.15, -0.1) is 0 Å². The lowest BCUT2D eigenvalue weighted by Gasteiger charge is -2.21. The van der Waals surface area contributed by atoms with Crippen molar-refractivity contribution in [1.29, 1.82) is 0 Å². The summed E-state index contributed by atoms with van der Waals surface area (Å²) in [6, 6.07) is 0. The van der Waals surface area contributed by atoms with Crippen molar-refractivity contribution in [2.75, 3.05) is 39.6 Å². The van der Waals surface area contributed by atoms with Crippen LogP contribution in [0.4, 0.5) is 0 Å². The first-order valence-electron chi connectivity index (χ1n) is 38.0. The maximum atomic E-state index is 13.1. The number of unbranched alkanes of at least 4 members (excludes halogenated alkanes) is 41. The lowest BCUT2D eigenvalue weighted by atomic mass is 10.00. The summed E-state index contributed by atoms with van der Waals surface area (Å²) in [6.45, 7) is 9.44.